The maximum absolute atomic E-state index is 13.4. The van der Waals surface area contributed by atoms with Gasteiger partial charge in [0.25, 0.3) is 5.91 Å². The quantitative estimate of drug-likeness (QED) is 0.702. The van der Waals surface area contributed by atoms with Crippen LogP contribution in [0.5, 0.6) is 0 Å². The summed E-state index contributed by atoms with van der Waals surface area (Å²) in [4.78, 5) is 22.6. The van der Waals surface area contributed by atoms with Gasteiger partial charge >= 0.3 is 0 Å². The van der Waals surface area contributed by atoms with Gasteiger partial charge in [0.15, 0.2) is 0 Å². The Hall–Kier alpha value is -3.06. The van der Waals surface area contributed by atoms with Gasteiger partial charge in [0.05, 0.1) is 17.1 Å². The number of nitrogens with zero attached hydrogens (tertiary/aromatic N) is 3. The van der Waals surface area contributed by atoms with E-state index >= 15 is 0 Å². The summed E-state index contributed by atoms with van der Waals surface area (Å²) < 4.78 is 13.4. The number of halogens is 1. The monoisotopic (exact) mass is 365 g/mol. The van der Waals surface area contributed by atoms with Gasteiger partial charge < -0.3 is 16.0 Å². The fourth-order valence-corrected chi connectivity index (χ4v) is 3.32. The van der Waals surface area contributed by atoms with E-state index in [1.165, 1.54) is 24.9 Å². The summed E-state index contributed by atoms with van der Waals surface area (Å²) in [6, 6.07) is 11.7. The van der Waals surface area contributed by atoms with E-state index in [4.69, 9.17) is 5.73 Å². The predicted molar refractivity (Wildman–Crippen MR) is 102 cm³/mol. The van der Waals surface area contributed by atoms with Crippen LogP contribution in [0.15, 0.2) is 48.8 Å². The van der Waals surface area contributed by atoms with E-state index in [-0.39, 0.29) is 11.9 Å². The minimum Gasteiger partial charge on any atom is -0.366 e. The zero-order chi connectivity index (χ0) is 18.8. The summed E-state index contributed by atoms with van der Waals surface area (Å²) in [6.45, 7) is 2.89. The largest absolute Gasteiger partial charge is 0.366 e. The number of nitrogens with two attached hydrogens (primary N) is 1. The molecule has 6 nitrogen and oxygen atoms in total. The molecule has 2 aromatic carbocycles. The summed E-state index contributed by atoms with van der Waals surface area (Å²) >= 11 is 0. The van der Waals surface area contributed by atoms with Gasteiger partial charge in [0.2, 0.25) is 0 Å². The Morgan fingerprint density at radius 3 is 2.63 bits per heavy atom. The maximum Gasteiger partial charge on any atom is 0.250 e. The number of carbonyl (C=O) groups excluding carboxylic acids is 1. The van der Waals surface area contributed by atoms with Gasteiger partial charge in [-0.05, 0) is 49.3 Å². The van der Waals surface area contributed by atoms with E-state index in [0.717, 1.165) is 30.6 Å². The number of rotatable bonds is 6. The molecule has 0 saturated carbocycles. The lowest BCUT2D eigenvalue weighted by molar-refractivity contribution is 0.100. The summed E-state index contributed by atoms with van der Waals surface area (Å²) in [5.41, 5.74) is 7.32. The van der Waals surface area contributed by atoms with Crippen molar-refractivity contribution in [3.8, 4) is 0 Å². The van der Waals surface area contributed by atoms with Crippen molar-refractivity contribution in [2.24, 2.45) is 5.73 Å². The fraction of sp³-hybridized carbons (Fsp3) is 0.250. The number of fused-ring (bicyclic) bond motifs is 1. The van der Waals surface area contributed by atoms with Crippen LogP contribution < -0.4 is 11.1 Å². The average molecular weight is 365 g/mol. The number of benzene rings is 2. The summed E-state index contributed by atoms with van der Waals surface area (Å²) in [6.07, 6.45) is 2.61. The first-order chi connectivity index (χ1) is 13.1. The van der Waals surface area contributed by atoms with E-state index in [1.807, 2.05) is 6.07 Å². The summed E-state index contributed by atoms with van der Waals surface area (Å²) in [5.74, 6) is -0.168. The third kappa shape index (κ3) is 3.59. The highest BCUT2D eigenvalue weighted by molar-refractivity contribution is 6.06. The fourth-order valence-electron chi connectivity index (χ4n) is 3.32. The van der Waals surface area contributed by atoms with Crippen molar-refractivity contribution < 1.29 is 9.18 Å². The van der Waals surface area contributed by atoms with Crippen LogP contribution in [0.25, 0.3) is 10.9 Å². The van der Waals surface area contributed by atoms with Gasteiger partial charge in [-0.25, -0.2) is 14.4 Å². The van der Waals surface area contributed by atoms with Crippen molar-refractivity contribution in [2.75, 3.05) is 25.0 Å². The smallest absolute Gasteiger partial charge is 0.250 e. The van der Waals surface area contributed by atoms with Crippen LogP contribution in [0, 0.1) is 5.82 Å². The van der Waals surface area contributed by atoms with E-state index in [2.05, 4.69) is 20.2 Å². The lowest BCUT2D eigenvalue weighted by Crippen LogP contribution is -2.41. The van der Waals surface area contributed by atoms with Crippen molar-refractivity contribution in [1.29, 1.82) is 0 Å². The molecule has 0 aliphatic carbocycles. The normalized spacial score (nSPS) is 15.3. The zero-order valence-electron chi connectivity index (χ0n) is 14.7. The highest BCUT2D eigenvalue weighted by Gasteiger charge is 2.22. The van der Waals surface area contributed by atoms with Crippen molar-refractivity contribution in [1.82, 2.24) is 14.9 Å². The molecule has 1 fully saturated rings. The van der Waals surface area contributed by atoms with Crippen molar-refractivity contribution in [2.45, 2.75) is 12.5 Å². The highest BCUT2D eigenvalue weighted by atomic mass is 19.1. The number of amides is 1. The van der Waals surface area contributed by atoms with Crippen LogP contribution in [0.1, 0.15) is 28.4 Å². The van der Waals surface area contributed by atoms with Crippen LogP contribution in [0.4, 0.5) is 10.2 Å². The third-order valence-corrected chi connectivity index (χ3v) is 4.90. The molecule has 27 heavy (non-hydrogen) atoms. The minimum absolute atomic E-state index is 0.0683. The third-order valence-electron chi connectivity index (χ3n) is 4.90. The molecule has 4 rings (SSSR count). The van der Waals surface area contributed by atoms with E-state index < -0.39 is 5.91 Å². The molecule has 1 aliphatic rings. The van der Waals surface area contributed by atoms with Crippen LogP contribution in [0.3, 0.4) is 0 Å². The van der Waals surface area contributed by atoms with Gasteiger partial charge in [0.1, 0.15) is 18.0 Å². The molecule has 1 atom stereocenters. The zero-order valence-corrected chi connectivity index (χ0v) is 14.7. The van der Waals surface area contributed by atoms with Gasteiger partial charge in [0, 0.05) is 11.9 Å². The number of hydrogen-bond donors (Lipinski definition) is 2. The minimum atomic E-state index is -0.527. The van der Waals surface area contributed by atoms with E-state index in [9.17, 15) is 9.18 Å². The van der Waals surface area contributed by atoms with Crippen LogP contribution in [0.2, 0.25) is 0 Å². The van der Waals surface area contributed by atoms with Gasteiger partial charge in [-0.3, -0.25) is 4.79 Å². The lowest BCUT2D eigenvalue weighted by atomic mass is 10.0. The Morgan fingerprint density at radius 2 is 1.96 bits per heavy atom. The Morgan fingerprint density at radius 1 is 1.19 bits per heavy atom. The lowest BCUT2D eigenvalue weighted by Gasteiger charge is -2.34. The SMILES string of the molecule is NC(=O)c1cccc2c(NC(CN3CCC3)c3ccc(F)cc3)ncnc12. The number of aromatic nitrogens is 2. The molecule has 0 radical (unpaired) electrons. The molecule has 1 unspecified atom stereocenters. The molecule has 1 saturated heterocycles. The number of carbonyl (C=O) groups is 1. The molecule has 1 aromatic heterocycles. The number of anilines is 1. The first-order valence-electron chi connectivity index (χ1n) is 8.90. The molecule has 1 aliphatic heterocycles. The first-order valence-corrected chi connectivity index (χ1v) is 8.90. The standard InChI is InChI=1S/C20H20FN5O/c21-14-7-5-13(6-8-14)17(11-26-9-2-10-26)25-20-16-4-1-3-15(19(22)27)18(16)23-12-24-20/h1,3-8,12,17H,2,9-11H2,(H2,22,27)(H,23,24,25). The van der Waals surface area contributed by atoms with Crippen LogP contribution >= 0.6 is 0 Å². The number of nitrogens with one attached hydrogen (secondary N) is 1. The predicted octanol–water partition coefficient (Wildman–Crippen LogP) is 2.73. The Balaban J connectivity index is 1.71. The molecule has 138 valence electrons. The maximum atomic E-state index is 13.4. The highest BCUT2D eigenvalue weighted by Crippen LogP contribution is 2.27. The summed E-state index contributed by atoms with van der Waals surface area (Å²) in [5, 5.41) is 4.18. The van der Waals surface area contributed by atoms with E-state index in [1.54, 1.807) is 24.3 Å². The molecule has 3 N–H and O–H groups in total. The van der Waals surface area contributed by atoms with Crippen LogP contribution in [-0.4, -0.2) is 40.4 Å². The number of primary amides is 1. The van der Waals surface area contributed by atoms with Crippen molar-refractivity contribution >= 4 is 22.6 Å². The van der Waals surface area contributed by atoms with Crippen LogP contribution in [-0.2, 0) is 0 Å². The second-order valence-corrected chi connectivity index (χ2v) is 6.69. The Labute approximate surface area is 156 Å². The van der Waals surface area contributed by atoms with Crippen molar-refractivity contribution in [3.63, 3.8) is 0 Å². The van der Waals surface area contributed by atoms with Gasteiger partial charge in [-0.1, -0.05) is 18.2 Å². The van der Waals surface area contributed by atoms with E-state index in [0.29, 0.717) is 16.9 Å². The number of para-hydroxylation sites is 1. The first kappa shape index (κ1) is 17.4. The second-order valence-electron chi connectivity index (χ2n) is 6.69. The second kappa shape index (κ2) is 7.28. The van der Waals surface area contributed by atoms with Gasteiger partial charge in [-0.15, -0.1) is 0 Å². The Kier molecular flexibility index (Phi) is 4.68. The molecular formula is C20H20FN5O. The molecule has 0 bridgehead atoms. The topological polar surface area (TPSA) is 84.1 Å². The molecule has 2 heterocycles. The van der Waals surface area contributed by atoms with Gasteiger partial charge in [-0.2, -0.15) is 0 Å². The number of hydrogen-bond acceptors (Lipinski definition) is 5. The molecule has 0 spiro atoms. The molecular weight excluding hydrogens is 345 g/mol. The molecule has 7 heteroatoms. The number of likely N-dealkylation sites (tertiary alicyclic amines) is 1. The molecule has 3 aromatic rings. The Bertz CT molecular complexity index is 972. The molecule has 1 amide bonds. The average Bonchev–Trinajstić information content (AvgIpc) is 2.64. The van der Waals surface area contributed by atoms with Crippen molar-refractivity contribution in [3.05, 3.63) is 65.7 Å². The summed E-state index contributed by atoms with van der Waals surface area (Å²) in [7, 11) is 0.